The number of nitrogens with one attached hydrogen (secondary N) is 1. The van der Waals surface area contributed by atoms with Crippen LogP contribution in [0.25, 0.3) is 0 Å². The first-order chi connectivity index (χ1) is 5.80. The van der Waals surface area contributed by atoms with Crippen molar-refractivity contribution in [1.29, 1.82) is 0 Å². The molecule has 1 unspecified atom stereocenters. The van der Waals surface area contributed by atoms with Gasteiger partial charge in [-0.2, -0.15) is 0 Å². The first-order valence-electron chi connectivity index (χ1n) is 5.19. The molecular weight excluding hydrogens is 150 g/mol. The van der Waals surface area contributed by atoms with Crippen LogP contribution in [0.5, 0.6) is 0 Å². The molecule has 0 aromatic rings. The molecule has 1 aliphatic heterocycles. The monoisotopic (exact) mass is 167 g/mol. The molecule has 2 N–H and O–H groups in total. The number of hydrogen-bond acceptors (Lipinski definition) is 2. The van der Waals surface area contributed by atoms with E-state index in [0.717, 1.165) is 24.4 Å². The largest absolute Gasteiger partial charge is 0.391 e. The Balaban J connectivity index is 1.55. The zero-order valence-corrected chi connectivity index (χ0v) is 7.42. The van der Waals surface area contributed by atoms with Crippen molar-refractivity contribution in [3.05, 3.63) is 0 Å². The molecule has 2 aliphatic carbocycles. The summed E-state index contributed by atoms with van der Waals surface area (Å²) in [6, 6.07) is 0. The van der Waals surface area contributed by atoms with Crippen molar-refractivity contribution in [2.24, 2.45) is 17.3 Å². The second kappa shape index (κ2) is 2.24. The summed E-state index contributed by atoms with van der Waals surface area (Å²) >= 11 is 0. The molecule has 1 heterocycles. The Morgan fingerprint density at radius 1 is 1.33 bits per heavy atom. The van der Waals surface area contributed by atoms with Gasteiger partial charge in [-0.1, -0.05) is 0 Å². The fourth-order valence-electron chi connectivity index (χ4n) is 2.86. The Kier molecular flexibility index (Phi) is 1.37. The van der Waals surface area contributed by atoms with E-state index in [9.17, 15) is 5.11 Å². The molecule has 1 spiro atoms. The highest BCUT2D eigenvalue weighted by Gasteiger charge is 2.62. The van der Waals surface area contributed by atoms with Crippen molar-refractivity contribution in [3.63, 3.8) is 0 Å². The van der Waals surface area contributed by atoms with Gasteiger partial charge in [0.1, 0.15) is 0 Å². The SMILES string of the molecule is O[C@@H]1CNC[C@H]1CC1CC12CC2. The predicted octanol–water partition coefficient (Wildman–Crippen LogP) is 0.757. The molecule has 12 heavy (non-hydrogen) atoms. The second-order valence-corrected chi connectivity index (χ2v) is 4.98. The lowest BCUT2D eigenvalue weighted by Crippen LogP contribution is -2.18. The van der Waals surface area contributed by atoms with Gasteiger partial charge in [0.05, 0.1) is 6.10 Å². The van der Waals surface area contributed by atoms with Crippen LogP contribution < -0.4 is 5.32 Å². The summed E-state index contributed by atoms with van der Waals surface area (Å²) in [7, 11) is 0. The smallest absolute Gasteiger partial charge is 0.0704 e. The van der Waals surface area contributed by atoms with E-state index in [1.165, 1.54) is 25.7 Å². The first-order valence-corrected chi connectivity index (χ1v) is 5.19. The molecular formula is C10H17NO. The van der Waals surface area contributed by atoms with Crippen molar-refractivity contribution >= 4 is 0 Å². The highest BCUT2D eigenvalue weighted by atomic mass is 16.3. The molecule has 2 nitrogen and oxygen atoms in total. The second-order valence-electron chi connectivity index (χ2n) is 4.98. The quantitative estimate of drug-likeness (QED) is 0.636. The lowest BCUT2D eigenvalue weighted by Gasteiger charge is -2.12. The van der Waals surface area contributed by atoms with Crippen molar-refractivity contribution in [2.75, 3.05) is 13.1 Å². The van der Waals surface area contributed by atoms with E-state index in [1.54, 1.807) is 0 Å². The molecule has 3 rings (SSSR count). The number of aliphatic hydroxyl groups is 1. The third-order valence-corrected chi connectivity index (χ3v) is 4.14. The Labute approximate surface area is 73.4 Å². The maximum absolute atomic E-state index is 9.59. The normalized spacial score (nSPS) is 48.2. The molecule has 3 fully saturated rings. The van der Waals surface area contributed by atoms with Gasteiger partial charge in [-0.05, 0) is 42.9 Å². The third-order valence-electron chi connectivity index (χ3n) is 4.14. The van der Waals surface area contributed by atoms with Crippen LogP contribution in [0.4, 0.5) is 0 Å². The lowest BCUT2D eigenvalue weighted by atomic mass is 9.98. The van der Waals surface area contributed by atoms with Gasteiger partial charge < -0.3 is 10.4 Å². The molecule has 1 saturated heterocycles. The van der Waals surface area contributed by atoms with Gasteiger partial charge >= 0.3 is 0 Å². The van der Waals surface area contributed by atoms with Gasteiger partial charge in [0.15, 0.2) is 0 Å². The van der Waals surface area contributed by atoms with Crippen LogP contribution in [0.15, 0.2) is 0 Å². The summed E-state index contributed by atoms with van der Waals surface area (Å²) in [5, 5.41) is 12.8. The Bertz CT molecular complexity index is 200. The van der Waals surface area contributed by atoms with E-state index >= 15 is 0 Å². The number of hydrogen-bond donors (Lipinski definition) is 2. The average Bonchev–Trinajstić information content (AvgIpc) is 2.91. The minimum absolute atomic E-state index is 0.0543. The molecule has 2 heteroatoms. The van der Waals surface area contributed by atoms with E-state index in [0.29, 0.717) is 5.92 Å². The first kappa shape index (κ1) is 7.34. The van der Waals surface area contributed by atoms with Crippen LogP contribution >= 0.6 is 0 Å². The standard InChI is InChI=1S/C10H17NO/c12-9-6-11-5-7(9)3-8-4-10(8)1-2-10/h7-9,11-12H,1-6H2/t7-,8?,9-/m1/s1. The summed E-state index contributed by atoms with van der Waals surface area (Å²) in [5.41, 5.74) is 0.822. The summed E-state index contributed by atoms with van der Waals surface area (Å²) in [5.74, 6) is 1.55. The van der Waals surface area contributed by atoms with Crippen molar-refractivity contribution < 1.29 is 5.11 Å². The van der Waals surface area contributed by atoms with Crippen LogP contribution in [-0.2, 0) is 0 Å². The lowest BCUT2D eigenvalue weighted by molar-refractivity contribution is 0.138. The minimum Gasteiger partial charge on any atom is -0.391 e. The summed E-state index contributed by atoms with van der Waals surface area (Å²) in [6.45, 7) is 1.87. The summed E-state index contributed by atoms with van der Waals surface area (Å²) in [6.07, 6.45) is 5.66. The molecule has 0 amide bonds. The fraction of sp³-hybridized carbons (Fsp3) is 1.00. The van der Waals surface area contributed by atoms with Crippen molar-refractivity contribution in [2.45, 2.75) is 31.8 Å². The fourth-order valence-corrected chi connectivity index (χ4v) is 2.86. The van der Waals surface area contributed by atoms with Gasteiger partial charge in [-0.25, -0.2) is 0 Å². The molecule has 3 aliphatic rings. The van der Waals surface area contributed by atoms with E-state index in [4.69, 9.17) is 0 Å². The molecule has 0 aromatic carbocycles. The van der Waals surface area contributed by atoms with Gasteiger partial charge in [0.25, 0.3) is 0 Å². The van der Waals surface area contributed by atoms with E-state index < -0.39 is 0 Å². The molecule has 0 bridgehead atoms. The summed E-state index contributed by atoms with van der Waals surface area (Å²) < 4.78 is 0. The molecule has 0 aromatic heterocycles. The van der Waals surface area contributed by atoms with Gasteiger partial charge in [0.2, 0.25) is 0 Å². The molecule has 0 radical (unpaired) electrons. The van der Waals surface area contributed by atoms with Gasteiger partial charge in [0, 0.05) is 13.1 Å². The van der Waals surface area contributed by atoms with Crippen LogP contribution in [0.2, 0.25) is 0 Å². The van der Waals surface area contributed by atoms with Crippen molar-refractivity contribution in [1.82, 2.24) is 5.32 Å². The number of rotatable bonds is 2. The average molecular weight is 167 g/mol. The maximum atomic E-state index is 9.59. The van der Waals surface area contributed by atoms with Crippen molar-refractivity contribution in [3.8, 4) is 0 Å². The minimum atomic E-state index is -0.0543. The topological polar surface area (TPSA) is 32.3 Å². The highest BCUT2D eigenvalue weighted by Crippen LogP contribution is 2.72. The third kappa shape index (κ3) is 1.01. The Morgan fingerprint density at radius 2 is 2.17 bits per heavy atom. The van der Waals surface area contributed by atoms with E-state index in [1.807, 2.05) is 0 Å². The van der Waals surface area contributed by atoms with E-state index in [-0.39, 0.29) is 6.10 Å². The van der Waals surface area contributed by atoms with E-state index in [2.05, 4.69) is 5.32 Å². The molecule has 68 valence electrons. The summed E-state index contributed by atoms with van der Waals surface area (Å²) in [4.78, 5) is 0. The van der Waals surface area contributed by atoms with Crippen LogP contribution in [0.3, 0.4) is 0 Å². The number of aliphatic hydroxyl groups excluding tert-OH is 1. The van der Waals surface area contributed by atoms with Crippen LogP contribution in [-0.4, -0.2) is 24.3 Å². The highest BCUT2D eigenvalue weighted by molar-refractivity contribution is 5.12. The number of β-amino-alcohol motifs (C(OH)–C–C–N with tert-alkyl or cyclic N) is 1. The van der Waals surface area contributed by atoms with Gasteiger partial charge in [-0.15, -0.1) is 0 Å². The molecule has 2 saturated carbocycles. The van der Waals surface area contributed by atoms with Crippen LogP contribution in [0, 0.1) is 17.3 Å². The zero-order valence-electron chi connectivity index (χ0n) is 7.42. The zero-order chi connectivity index (χ0) is 8.18. The maximum Gasteiger partial charge on any atom is 0.0704 e. The molecule has 3 atom stereocenters. The Hall–Kier alpha value is -0.0800. The van der Waals surface area contributed by atoms with Crippen LogP contribution in [0.1, 0.15) is 25.7 Å². The van der Waals surface area contributed by atoms with Gasteiger partial charge in [-0.3, -0.25) is 0 Å². The predicted molar refractivity (Wildman–Crippen MR) is 46.8 cm³/mol. The Morgan fingerprint density at radius 3 is 2.67 bits per heavy atom.